The van der Waals surface area contributed by atoms with Gasteiger partial charge in [-0.05, 0) is 35.9 Å². The number of nitrogens with one attached hydrogen (secondary N) is 1. The second kappa shape index (κ2) is 6.43. The van der Waals surface area contributed by atoms with Crippen LogP contribution in [-0.4, -0.2) is 35.0 Å². The maximum absolute atomic E-state index is 13.2. The molecule has 0 saturated carbocycles. The zero-order valence-electron chi connectivity index (χ0n) is 14.9. The summed E-state index contributed by atoms with van der Waals surface area (Å²) in [7, 11) is 0. The molecular weight excluding hydrogens is 378 g/mol. The number of rotatable bonds is 4. The van der Waals surface area contributed by atoms with E-state index in [1.807, 2.05) is 36.4 Å². The lowest BCUT2D eigenvalue weighted by Gasteiger charge is -2.23. The predicted molar refractivity (Wildman–Crippen MR) is 104 cm³/mol. The SMILES string of the molecule is O=C(NCc1cccnc1)C1C2C=C[C@]3(CN(c4ccc(Cl)cc4)C(=O)C13)O2. The van der Waals surface area contributed by atoms with E-state index in [2.05, 4.69) is 10.3 Å². The third-order valence-corrected chi connectivity index (χ3v) is 5.98. The molecule has 28 heavy (non-hydrogen) atoms. The van der Waals surface area contributed by atoms with Crippen LogP contribution in [0.4, 0.5) is 5.69 Å². The molecule has 2 bridgehead atoms. The molecule has 1 N–H and O–H groups in total. The van der Waals surface area contributed by atoms with Crippen LogP contribution in [0.3, 0.4) is 0 Å². The molecule has 2 aromatic rings. The first-order chi connectivity index (χ1) is 13.6. The highest BCUT2D eigenvalue weighted by atomic mass is 35.5. The van der Waals surface area contributed by atoms with Crippen molar-refractivity contribution in [1.29, 1.82) is 0 Å². The van der Waals surface area contributed by atoms with E-state index in [1.165, 1.54) is 0 Å². The summed E-state index contributed by atoms with van der Waals surface area (Å²) >= 11 is 5.97. The van der Waals surface area contributed by atoms with E-state index in [-0.39, 0.29) is 17.9 Å². The van der Waals surface area contributed by atoms with Gasteiger partial charge in [-0.3, -0.25) is 14.6 Å². The molecule has 3 unspecified atom stereocenters. The van der Waals surface area contributed by atoms with Crippen LogP contribution in [0.1, 0.15) is 5.56 Å². The Hall–Kier alpha value is -2.70. The Morgan fingerprint density at radius 2 is 2.14 bits per heavy atom. The Morgan fingerprint density at radius 3 is 2.89 bits per heavy atom. The van der Waals surface area contributed by atoms with Crippen molar-refractivity contribution in [3.8, 4) is 0 Å². The molecule has 4 atom stereocenters. The smallest absolute Gasteiger partial charge is 0.234 e. The maximum atomic E-state index is 13.2. The lowest BCUT2D eigenvalue weighted by molar-refractivity contribution is -0.132. The summed E-state index contributed by atoms with van der Waals surface area (Å²) in [5.74, 6) is -1.31. The van der Waals surface area contributed by atoms with E-state index in [4.69, 9.17) is 16.3 Å². The largest absolute Gasteiger partial charge is 0.360 e. The van der Waals surface area contributed by atoms with Crippen LogP contribution in [0.15, 0.2) is 60.9 Å². The van der Waals surface area contributed by atoms with E-state index in [0.29, 0.717) is 18.1 Å². The fourth-order valence-electron chi connectivity index (χ4n) is 4.45. The van der Waals surface area contributed by atoms with Crippen molar-refractivity contribution in [2.75, 3.05) is 11.4 Å². The lowest BCUT2D eigenvalue weighted by atomic mass is 9.77. The molecule has 142 valence electrons. The highest BCUT2D eigenvalue weighted by Crippen LogP contribution is 2.52. The molecule has 4 heterocycles. The van der Waals surface area contributed by atoms with Gasteiger partial charge in [-0.2, -0.15) is 0 Å². The Kier molecular flexibility index (Phi) is 4.00. The molecule has 2 amide bonds. The topological polar surface area (TPSA) is 71.5 Å². The minimum Gasteiger partial charge on any atom is -0.360 e. The van der Waals surface area contributed by atoms with Gasteiger partial charge >= 0.3 is 0 Å². The fourth-order valence-corrected chi connectivity index (χ4v) is 4.57. The Balaban J connectivity index is 1.38. The molecule has 3 aliphatic heterocycles. The second-order valence-electron chi connectivity index (χ2n) is 7.38. The first-order valence-corrected chi connectivity index (χ1v) is 9.56. The number of ether oxygens (including phenoxy) is 1. The monoisotopic (exact) mass is 395 g/mol. The summed E-state index contributed by atoms with van der Waals surface area (Å²) in [6.45, 7) is 0.770. The highest BCUT2D eigenvalue weighted by Gasteiger charge is 2.67. The van der Waals surface area contributed by atoms with Gasteiger partial charge < -0.3 is 15.0 Å². The second-order valence-corrected chi connectivity index (χ2v) is 7.82. The van der Waals surface area contributed by atoms with Crippen LogP contribution < -0.4 is 10.2 Å². The van der Waals surface area contributed by atoms with Gasteiger partial charge in [0.15, 0.2) is 0 Å². The Morgan fingerprint density at radius 1 is 1.32 bits per heavy atom. The molecule has 1 aromatic heterocycles. The maximum Gasteiger partial charge on any atom is 0.234 e. The Bertz CT molecular complexity index is 963. The van der Waals surface area contributed by atoms with Crippen molar-refractivity contribution in [3.05, 3.63) is 71.5 Å². The first-order valence-electron chi connectivity index (χ1n) is 9.18. The number of nitrogens with zero attached hydrogens (tertiary/aromatic N) is 2. The summed E-state index contributed by atoms with van der Waals surface area (Å²) < 4.78 is 6.14. The van der Waals surface area contributed by atoms with E-state index in [0.717, 1.165) is 11.3 Å². The van der Waals surface area contributed by atoms with Crippen molar-refractivity contribution < 1.29 is 14.3 Å². The number of carbonyl (C=O) groups excluding carboxylic acids is 2. The third-order valence-electron chi connectivity index (χ3n) is 5.73. The van der Waals surface area contributed by atoms with Crippen LogP contribution in [0, 0.1) is 11.8 Å². The molecule has 0 aliphatic carbocycles. The molecule has 3 aliphatic rings. The minimum absolute atomic E-state index is 0.0873. The molecule has 1 aromatic carbocycles. The summed E-state index contributed by atoms with van der Waals surface area (Å²) in [5.41, 5.74) is 0.927. The highest BCUT2D eigenvalue weighted by molar-refractivity contribution is 6.30. The summed E-state index contributed by atoms with van der Waals surface area (Å²) in [6.07, 6.45) is 6.88. The van der Waals surface area contributed by atoms with Crippen LogP contribution in [0.25, 0.3) is 0 Å². The van der Waals surface area contributed by atoms with E-state index in [9.17, 15) is 9.59 Å². The average molecular weight is 396 g/mol. The number of carbonyl (C=O) groups is 2. The Labute approximate surface area is 167 Å². The number of halogens is 1. The van der Waals surface area contributed by atoms with Crippen molar-refractivity contribution in [1.82, 2.24) is 10.3 Å². The number of hydrogen-bond donors (Lipinski definition) is 1. The fraction of sp³-hybridized carbons (Fsp3) is 0.286. The van der Waals surface area contributed by atoms with Gasteiger partial charge in [-0.1, -0.05) is 29.8 Å². The molecule has 1 spiro atoms. The summed E-state index contributed by atoms with van der Waals surface area (Å²) in [4.78, 5) is 31.9. The van der Waals surface area contributed by atoms with E-state index in [1.54, 1.807) is 29.4 Å². The van der Waals surface area contributed by atoms with Crippen molar-refractivity contribution in [2.45, 2.75) is 18.2 Å². The lowest BCUT2D eigenvalue weighted by Crippen LogP contribution is -2.44. The van der Waals surface area contributed by atoms with E-state index < -0.39 is 17.4 Å². The number of pyridine rings is 1. The number of benzene rings is 1. The zero-order chi connectivity index (χ0) is 19.3. The van der Waals surface area contributed by atoms with E-state index >= 15 is 0 Å². The predicted octanol–water partition coefficient (Wildman–Crippen LogP) is 2.34. The molecule has 2 fully saturated rings. The van der Waals surface area contributed by atoms with Crippen LogP contribution in [0.2, 0.25) is 5.02 Å². The van der Waals surface area contributed by atoms with Crippen LogP contribution in [0.5, 0.6) is 0 Å². The van der Waals surface area contributed by atoms with Crippen LogP contribution in [-0.2, 0) is 20.9 Å². The quantitative estimate of drug-likeness (QED) is 0.806. The summed E-state index contributed by atoms with van der Waals surface area (Å²) in [5, 5.41) is 3.55. The van der Waals surface area contributed by atoms with Gasteiger partial charge in [-0.25, -0.2) is 0 Å². The number of amides is 2. The van der Waals surface area contributed by atoms with Crippen molar-refractivity contribution in [3.63, 3.8) is 0 Å². The van der Waals surface area contributed by atoms with Gasteiger partial charge in [-0.15, -0.1) is 0 Å². The van der Waals surface area contributed by atoms with Crippen LogP contribution >= 0.6 is 11.6 Å². The zero-order valence-corrected chi connectivity index (χ0v) is 15.7. The van der Waals surface area contributed by atoms with Gasteiger partial charge in [0.2, 0.25) is 11.8 Å². The number of hydrogen-bond acceptors (Lipinski definition) is 4. The number of fused-ring (bicyclic) bond motifs is 1. The molecule has 5 rings (SSSR count). The first kappa shape index (κ1) is 17.4. The molecule has 0 radical (unpaired) electrons. The normalized spacial score (nSPS) is 30.0. The minimum atomic E-state index is -0.738. The molecule has 6 nitrogen and oxygen atoms in total. The van der Waals surface area contributed by atoms with Crippen molar-refractivity contribution in [2.24, 2.45) is 11.8 Å². The van der Waals surface area contributed by atoms with Crippen molar-refractivity contribution >= 4 is 29.1 Å². The molecule has 2 saturated heterocycles. The molecular formula is C21H18ClN3O3. The average Bonchev–Trinajstić information content (AvgIpc) is 3.36. The summed E-state index contributed by atoms with van der Waals surface area (Å²) in [6, 6.07) is 10.8. The van der Waals surface area contributed by atoms with Gasteiger partial charge in [0.25, 0.3) is 0 Å². The molecule has 7 heteroatoms. The van der Waals surface area contributed by atoms with Gasteiger partial charge in [0, 0.05) is 29.6 Å². The number of anilines is 1. The standard InChI is InChI=1S/C21H18ClN3O3/c22-14-3-5-15(6-4-14)25-12-21-8-7-16(28-21)17(18(21)20(25)27)19(26)24-11-13-2-1-9-23-10-13/h1-10,16-18H,11-12H2,(H,24,26)/t16?,17?,18?,21-/m1/s1. The third kappa shape index (κ3) is 2.64. The van der Waals surface area contributed by atoms with Gasteiger partial charge in [0.1, 0.15) is 5.60 Å². The number of aromatic nitrogens is 1. The van der Waals surface area contributed by atoms with Gasteiger partial charge in [0.05, 0.1) is 24.5 Å².